The van der Waals surface area contributed by atoms with Crippen LogP contribution in [0.25, 0.3) is 10.4 Å². The van der Waals surface area contributed by atoms with Crippen molar-refractivity contribution in [2.75, 3.05) is 13.7 Å². The number of methoxy groups -OCH3 is 1. The quantitative estimate of drug-likeness (QED) is 0.481. The van der Waals surface area contributed by atoms with Crippen molar-refractivity contribution >= 4 is 29.1 Å². The summed E-state index contributed by atoms with van der Waals surface area (Å²) >= 11 is 1.56. The molecule has 2 aliphatic rings. The van der Waals surface area contributed by atoms with Crippen LogP contribution in [0.4, 0.5) is 0 Å². The SMILES string of the molecule is CC.COc1cc(-c2scnc2C)ccc1CNC(=O)C1CCCN1C(=O)C(NC(=O)C1(C#N)CC1)C(C)(C)C. The van der Waals surface area contributed by atoms with Crippen molar-refractivity contribution in [1.29, 1.82) is 5.26 Å². The Morgan fingerprint density at radius 2 is 1.98 bits per heavy atom. The predicted molar refractivity (Wildman–Crippen MR) is 155 cm³/mol. The van der Waals surface area contributed by atoms with Gasteiger partial charge < -0.3 is 20.3 Å². The minimum atomic E-state index is -1.03. The van der Waals surface area contributed by atoms with Crippen molar-refractivity contribution < 1.29 is 19.1 Å². The highest BCUT2D eigenvalue weighted by Crippen LogP contribution is 2.45. The van der Waals surface area contributed by atoms with Gasteiger partial charge in [0.2, 0.25) is 17.7 Å². The molecule has 1 aliphatic carbocycles. The van der Waals surface area contributed by atoms with E-state index in [4.69, 9.17) is 4.74 Å². The van der Waals surface area contributed by atoms with Gasteiger partial charge in [0.15, 0.2) is 0 Å². The zero-order valence-corrected chi connectivity index (χ0v) is 25.4. The Bertz CT molecular complexity index is 1270. The van der Waals surface area contributed by atoms with E-state index in [-0.39, 0.29) is 18.4 Å². The highest BCUT2D eigenvalue weighted by Gasteiger charge is 2.53. The van der Waals surface area contributed by atoms with Gasteiger partial charge in [-0.2, -0.15) is 5.26 Å². The molecule has 3 amide bonds. The number of nitrogens with zero attached hydrogens (tertiary/aromatic N) is 3. The van der Waals surface area contributed by atoms with Gasteiger partial charge in [-0.1, -0.05) is 46.8 Å². The Kier molecular flexibility index (Phi) is 9.96. The number of benzene rings is 1. The summed E-state index contributed by atoms with van der Waals surface area (Å²) in [7, 11) is 1.60. The summed E-state index contributed by atoms with van der Waals surface area (Å²) in [6.07, 6.45) is 2.25. The van der Waals surface area contributed by atoms with E-state index in [9.17, 15) is 19.6 Å². The van der Waals surface area contributed by atoms with Crippen molar-refractivity contribution in [3.63, 3.8) is 0 Å². The first-order valence-electron chi connectivity index (χ1n) is 13.9. The van der Waals surface area contributed by atoms with Crippen LogP contribution in [-0.4, -0.2) is 53.3 Å². The summed E-state index contributed by atoms with van der Waals surface area (Å²) in [6, 6.07) is 6.48. The largest absolute Gasteiger partial charge is 0.496 e. The van der Waals surface area contributed by atoms with Gasteiger partial charge in [0, 0.05) is 18.7 Å². The van der Waals surface area contributed by atoms with Crippen molar-refractivity contribution in [1.82, 2.24) is 20.5 Å². The van der Waals surface area contributed by atoms with Crippen molar-refractivity contribution in [3.8, 4) is 22.3 Å². The number of ether oxygens (including phenoxy) is 1. The van der Waals surface area contributed by atoms with Crippen LogP contribution in [-0.2, 0) is 20.9 Å². The topological polar surface area (TPSA) is 124 Å². The second-order valence-electron chi connectivity index (χ2n) is 11.2. The highest BCUT2D eigenvalue weighted by molar-refractivity contribution is 7.13. The third-order valence-corrected chi connectivity index (χ3v) is 8.35. The van der Waals surface area contributed by atoms with E-state index in [0.717, 1.165) is 21.7 Å². The number of amides is 3. The van der Waals surface area contributed by atoms with E-state index in [2.05, 4.69) is 21.7 Å². The molecule has 2 aromatic rings. The third-order valence-electron chi connectivity index (χ3n) is 7.37. The smallest absolute Gasteiger partial charge is 0.246 e. The molecule has 2 atom stereocenters. The van der Waals surface area contributed by atoms with E-state index in [1.807, 2.05) is 65.3 Å². The maximum atomic E-state index is 13.7. The fourth-order valence-electron chi connectivity index (χ4n) is 4.81. The molecule has 2 N–H and O–H groups in total. The van der Waals surface area contributed by atoms with Gasteiger partial charge in [-0.3, -0.25) is 14.4 Å². The number of nitrogens with one attached hydrogen (secondary N) is 2. The molecule has 2 fully saturated rings. The van der Waals surface area contributed by atoms with E-state index in [0.29, 0.717) is 38.0 Å². The molecule has 1 aromatic carbocycles. The van der Waals surface area contributed by atoms with Gasteiger partial charge in [-0.15, -0.1) is 11.3 Å². The summed E-state index contributed by atoms with van der Waals surface area (Å²) in [5.74, 6) is -0.274. The average Bonchev–Trinajstić information content (AvgIpc) is 3.37. The number of carbonyl (C=O) groups is 3. The van der Waals surface area contributed by atoms with E-state index in [1.165, 1.54) is 0 Å². The monoisotopic (exact) mass is 567 g/mol. The van der Waals surface area contributed by atoms with Crippen LogP contribution in [0.5, 0.6) is 5.75 Å². The minimum Gasteiger partial charge on any atom is -0.496 e. The third kappa shape index (κ3) is 6.64. The zero-order chi connectivity index (χ0) is 29.7. The molecule has 1 saturated carbocycles. The van der Waals surface area contributed by atoms with Crippen LogP contribution in [0.2, 0.25) is 0 Å². The number of thiazole rings is 1. The maximum Gasteiger partial charge on any atom is 0.246 e. The van der Waals surface area contributed by atoms with Gasteiger partial charge in [0.05, 0.1) is 29.3 Å². The summed E-state index contributed by atoms with van der Waals surface area (Å²) in [5, 5.41) is 15.2. The molecule has 1 aromatic heterocycles. The molecule has 10 heteroatoms. The molecule has 0 bridgehead atoms. The van der Waals surface area contributed by atoms with Crippen molar-refractivity contribution in [2.24, 2.45) is 10.8 Å². The number of aromatic nitrogens is 1. The van der Waals surface area contributed by atoms with E-state index < -0.39 is 28.8 Å². The van der Waals surface area contributed by atoms with Crippen LogP contribution in [0.15, 0.2) is 23.7 Å². The lowest BCUT2D eigenvalue weighted by Gasteiger charge is -2.35. The molecule has 216 valence electrons. The lowest BCUT2D eigenvalue weighted by Crippen LogP contribution is -2.58. The summed E-state index contributed by atoms with van der Waals surface area (Å²) in [4.78, 5) is 46.7. The summed E-state index contributed by atoms with van der Waals surface area (Å²) in [6.45, 7) is 12.3. The van der Waals surface area contributed by atoms with Crippen molar-refractivity contribution in [2.45, 2.75) is 85.9 Å². The van der Waals surface area contributed by atoms with Gasteiger partial charge >= 0.3 is 0 Å². The average molecular weight is 568 g/mol. The molecule has 2 heterocycles. The lowest BCUT2D eigenvalue weighted by molar-refractivity contribution is -0.144. The number of carbonyl (C=O) groups excluding carboxylic acids is 3. The summed E-state index contributed by atoms with van der Waals surface area (Å²) in [5.41, 5.74) is 2.97. The first-order valence-corrected chi connectivity index (χ1v) is 14.8. The molecule has 1 aliphatic heterocycles. The van der Waals surface area contributed by atoms with Gasteiger partial charge in [-0.25, -0.2) is 4.98 Å². The highest BCUT2D eigenvalue weighted by atomic mass is 32.1. The van der Waals surface area contributed by atoms with Crippen LogP contribution >= 0.6 is 11.3 Å². The molecular formula is C30H41N5O4S. The van der Waals surface area contributed by atoms with Gasteiger partial charge in [0.25, 0.3) is 0 Å². The molecule has 0 spiro atoms. The fraction of sp³-hybridized carbons (Fsp3) is 0.567. The molecular weight excluding hydrogens is 526 g/mol. The molecule has 1 saturated heterocycles. The number of hydrogen-bond donors (Lipinski definition) is 2. The lowest BCUT2D eigenvalue weighted by atomic mass is 9.85. The molecule has 0 radical (unpaired) electrons. The minimum absolute atomic E-state index is 0.241. The summed E-state index contributed by atoms with van der Waals surface area (Å²) < 4.78 is 5.59. The van der Waals surface area contributed by atoms with Crippen molar-refractivity contribution in [3.05, 3.63) is 35.0 Å². The maximum absolute atomic E-state index is 13.7. The standard InChI is InChI=1S/C28H35N5O4S.C2H6/c1-17-22(38-16-31-17)18-8-9-19(21(13-18)37-5)14-30-24(34)20-7-6-12-33(20)25(35)23(27(2,3)4)32-26(36)28(15-29)10-11-28;1-2/h8-9,13,16,20,23H,6-7,10-12,14H2,1-5H3,(H,30,34)(H,32,36);1-2H3. The van der Waals surface area contributed by atoms with Crippen LogP contribution in [0, 0.1) is 29.1 Å². The first kappa shape index (κ1) is 31.1. The Balaban J connectivity index is 0.00000216. The molecule has 4 rings (SSSR count). The Hall–Kier alpha value is -3.45. The van der Waals surface area contributed by atoms with Crippen LogP contribution in [0.3, 0.4) is 0 Å². The zero-order valence-electron chi connectivity index (χ0n) is 24.6. The number of aryl methyl sites for hydroxylation is 1. The first-order chi connectivity index (χ1) is 19.0. The second-order valence-corrected chi connectivity index (χ2v) is 12.0. The molecule has 9 nitrogen and oxygen atoms in total. The Labute approximate surface area is 241 Å². The van der Waals surface area contributed by atoms with E-state index in [1.54, 1.807) is 23.3 Å². The Morgan fingerprint density at radius 3 is 2.52 bits per heavy atom. The fourth-order valence-corrected chi connectivity index (χ4v) is 5.61. The number of likely N-dealkylation sites (tertiary alicyclic amines) is 1. The predicted octanol–water partition coefficient (Wildman–Crippen LogP) is 4.60. The van der Waals surface area contributed by atoms with Gasteiger partial charge in [0.1, 0.15) is 23.2 Å². The second kappa shape index (κ2) is 12.8. The van der Waals surface area contributed by atoms with Crippen LogP contribution < -0.4 is 15.4 Å². The van der Waals surface area contributed by atoms with Crippen LogP contribution in [0.1, 0.15) is 71.6 Å². The van der Waals surface area contributed by atoms with E-state index >= 15 is 0 Å². The number of hydrogen-bond acceptors (Lipinski definition) is 7. The molecule has 40 heavy (non-hydrogen) atoms. The molecule has 2 unspecified atom stereocenters. The number of nitriles is 1. The normalized spacial score (nSPS) is 18.1. The number of rotatable bonds is 8. The Morgan fingerprint density at radius 1 is 1.27 bits per heavy atom. The van der Waals surface area contributed by atoms with Gasteiger partial charge in [-0.05, 0) is 49.7 Å².